The normalized spacial score (nSPS) is 16.7. The van der Waals surface area contributed by atoms with Crippen LogP contribution >= 0.6 is 16.8 Å². The summed E-state index contributed by atoms with van der Waals surface area (Å²) in [6, 6.07) is 8.98. The molecule has 2 aliphatic heterocycles. The number of aromatic nitrogens is 4. The highest BCUT2D eigenvalue weighted by Crippen LogP contribution is 2.36. The number of hydrogen-bond donors (Lipinski definition) is 6. The Bertz CT molecular complexity index is 1650. The molecule has 0 bridgehead atoms. The van der Waals surface area contributed by atoms with Crippen molar-refractivity contribution in [2.24, 2.45) is 11.8 Å². The molecule has 15 heteroatoms. The van der Waals surface area contributed by atoms with E-state index >= 15 is 0 Å². The summed E-state index contributed by atoms with van der Waals surface area (Å²) in [4.78, 5) is 58.2. The molecule has 2 saturated heterocycles. The first-order valence-corrected chi connectivity index (χ1v) is 19.9. The third-order valence-electron chi connectivity index (χ3n) is 9.51. The first kappa shape index (κ1) is 37.1. The molecule has 4 aromatic rings. The van der Waals surface area contributed by atoms with Crippen molar-refractivity contribution in [3.8, 4) is 17.2 Å². The number of phenols is 2. The molecule has 1 atom stereocenters. The fourth-order valence-electron chi connectivity index (χ4n) is 6.45. The maximum Gasteiger partial charge on any atom is 0.164 e. The van der Waals surface area contributed by atoms with Crippen LogP contribution < -0.4 is 14.5 Å². The molecule has 13 nitrogen and oxygen atoms in total. The molecule has 0 aliphatic carbocycles. The monoisotopic (exact) mass is 714 g/mol. The molecule has 0 saturated carbocycles. The largest absolute Gasteiger partial charge is 0.504 e. The number of phenolic OH excluding ortho intramolecular Hbond substituents is 2. The smallest absolute Gasteiger partial charge is 0.164 e. The molecule has 0 radical (unpaired) electrons. The van der Waals surface area contributed by atoms with Gasteiger partial charge in [-0.15, -0.1) is 0 Å². The first-order valence-electron chi connectivity index (χ1n) is 17.0. The van der Waals surface area contributed by atoms with Crippen molar-refractivity contribution >= 4 is 50.2 Å². The predicted molar refractivity (Wildman–Crippen MR) is 194 cm³/mol. The van der Waals surface area contributed by atoms with Gasteiger partial charge in [-0.2, -0.15) is 0 Å². The van der Waals surface area contributed by atoms with E-state index in [0.717, 1.165) is 105 Å². The second kappa shape index (κ2) is 17.7. The molecule has 6 rings (SSSR count). The average Bonchev–Trinajstić information content (AvgIpc) is 3.10. The van der Waals surface area contributed by atoms with E-state index in [4.69, 9.17) is 24.3 Å². The summed E-state index contributed by atoms with van der Waals surface area (Å²) in [5.41, 5.74) is 1.50. The van der Waals surface area contributed by atoms with E-state index < -0.39 is 16.8 Å². The molecule has 4 heterocycles. The van der Waals surface area contributed by atoms with Crippen molar-refractivity contribution < 1.29 is 34.5 Å². The third kappa shape index (κ3) is 10.2. The van der Waals surface area contributed by atoms with Crippen molar-refractivity contribution in [3.63, 3.8) is 0 Å². The van der Waals surface area contributed by atoms with E-state index in [0.29, 0.717) is 29.7 Å². The number of benzene rings is 2. The van der Waals surface area contributed by atoms with Gasteiger partial charge in [-0.25, -0.2) is 19.9 Å². The number of aromatic hydroxyl groups is 2. The Morgan fingerprint density at radius 1 is 0.714 bits per heavy atom. The van der Waals surface area contributed by atoms with Crippen LogP contribution in [0.4, 0.5) is 11.6 Å². The molecule has 2 fully saturated rings. The van der Waals surface area contributed by atoms with Gasteiger partial charge >= 0.3 is 0 Å². The molecule has 266 valence electrons. The van der Waals surface area contributed by atoms with Crippen LogP contribution in [-0.4, -0.2) is 94.3 Å². The Hall–Kier alpha value is -3.18. The van der Waals surface area contributed by atoms with E-state index in [9.17, 15) is 10.2 Å². The van der Waals surface area contributed by atoms with Gasteiger partial charge in [-0.3, -0.25) is 0 Å². The van der Waals surface area contributed by atoms with Gasteiger partial charge in [0.2, 0.25) is 0 Å². The van der Waals surface area contributed by atoms with Crippen molar-refractivity contribution in [1.29, 1.82) is 0 Å². The van der Waals surface area contributed by atoms with Gasteiger partial charge in [-0.1, -0.05) is 6.92 Å². The number of hydrogen-bond acceptors (Lipinski definition) is 13. The lowest BCUT2D eigenvalue weighted by atomic mass is 9.94. The molecule has 0 amide bonds. The number of ether oxygens (including phenoxy) is 1. The summed E-state index contributed by atoms with van der Waals surface area (Å²) < 4.78 is 5.90. The summed E-state index contributed by atoms with van der Waals surface area (Å²) >= 11 is 0. The number of nitrogens with zero attached hydrogens (tertiary/aromatic N) is 6. The molecule has 49 heavy (non-hydrogen) atoms. The third-order valence-corrected chi connectivity index (χ3v) is 10.8. The fraction of sp³-hybridized carbons (Fsp3) is 0.529. The average molecular weight is 715 g/mol. The van der Waals surface area contributed by atoms with Crippen LogP contribution in [0, 0.1) is 11.8 Å². The van der Waals surface area contributed by atoms with Crippen molar-refractivity contribution in [2.45, 2.75) is 64.9 Å². The number of fused-ring (bicyclic) bond motifs is 2. The number of piperidine rings is 2. The Morgan fingerprint density at radius 2 is 1.20 bits per heavy atom. The van der Waals surface area contributed by atoms with Crippen LogP contribution in [0.5, 0.6) is 17.2 Å². The standard InChI is InChI=1S/C19H28N3O3P.C15H20N3O4P/c1-3-14(2)25-16-4-5-17-18(12-16)20-13-21-19(17)22-9-6-15(7-10-22)8-11-26(23)24;19-13-7-11-12(8-14(13)20)16-9-17-15(11)18-4-1-10(2-5-18)3-6-23(21)22/h4-5,12-15,23-24H,3,6-11H2,1-2H3;7-10,19-22H,1-6H2. The van der Waals surface area contributed by atoms with Crippen LogP contribution in [0.2, 0.25) is 0 Å². The maximum atomic E-state index is 9.73. The van der Waals surface area contributed by atoms with Gasteiger partial charge in [0.05, 0.1) is 17.1 Å². The Labute approximate surface area is 289 Å². The zero-order valence-corrected chi connectivity index (χ0v) is 29.9. The molecule has 1 unspecified atom stereocenters. The van der Waals surface area contributed by atoms with Gasteiger partial charge < -0.3 is 44.3 Å². The SMILES string of the molecule is CCC(C)Oc1ccc2c(N3CCC(CCP(O)O)CC3)ncnc2c1.Oc1cc2ncnc(N3CCC(CCP(O)O)CC3)c2cc1O. The van der Waals surface area contributed by atoms with Crippen molar-refractivity contribution in [3.05, 3.63) is 43.0 Å². The van der Waals surface area contributed by atoms with E-state index in [1.807, 2.05) is 12.1 Å². The zero-order chi connectivity index (χ0) is 34.9. The van der Waals surface area contributed by atoms with Crippen molar-refractivity contribution in [2.75, 3.05) is 48.3 Å². The quantitative estimate of drug-likeness (QED) is 0.0827. The molecule has 0 spiro atoms. The zero-order valence-electron chi connectivity index (χ0n) is 28.1. The van der Waals surface area contributed by atoms with Crippen molar-refractivity contribution in [1.82, 2.24) is 19.9 Å². The minimum Gasteiger partial charge on any atom is -0.504 e. The molecule has 2 aliphatic rings. The van der Waals surface area contributed by atoms with Crippen LogP contribution in [-0.2, 0) is 0 Å². The van der Waals surface area contributed by atoms with Gasteiger partial charge in [-0.05, 0) is 81.9 Å². The molecular formula is C34H48N6O7P2. The summed E-state index contributed by atoms with van der Waals surface area (Å²) in [6.07, 6.45) is 11.0. The second-order valence-corrected chi connectivity index (χ2v) is 15.3. The Morgan fingerprint density at radius 3 is 1.71 bits per heavy atom. The van der Waals surface area contributed by atoms with Crippen LogP contribution in [0.25, 0.3) is 21.8 Å². The van der Waals surface area contributed by atoms with Gasteiger partial charge in [0.15, 0.2) is 28.2 Å². The highest BCUT2D eigenvalue weighted by molar-refractivity contribution is 7.45. The van der Waals surface area contributed by atoms with Crippen LogP contribution in [0.3, 0.4) is 0 Å². The highest BCUT2D eigenvalue weighted by Gasteiger charge is 2.24. The minimum absolute atomic E-state index is 0.178. The van der Waals surface area contributed by atoms with Crippen LogP contribution in [0.1, 0.15) is 58.8 Å². The van der Waals surface area contributed by atoms with Crippen LogP contribution in [0.15, 0.2) is 43.0 Å². The lowest BCUT2D eigenvalue weighted by Gasteiger charge is -2.33. The van der Waals surface area contributed by atoms with Gasteiger partial charge in [0.25, 0.3) is 0 Å². The summed E-state index contributed by atoms with van der Waals surface area (Å²) in [6.45, 7) is 7.71. The highest BCUT2D eigenvalue weighted by atomic mass is 31.2. The Balaban J connectivity index is 0.000000192. The van der Waals surface area contributed by atoms with E-state index in [1.165, 1.54) is 18.5 Å². The molecular weight excluding hydrogens is 666 g/mol. The predicted octanol–water partition coefficient (Wildman–Crippen LogP) is 5.65. The van der Waals surface area contributed by atoms with Gasteiger partial charge in [0, 0.05) is 61.4 Å². The Kier molecular flexibility index (Phi) is 13.4. The molecule has 2 aromatic carbocycles. The minimum atomic E-state index is -1.80. The van der Waals surface area contributed by atoms with E-state index in [1.54, 1.807) is 6.33 Å². The first-order chi connectivity index (χ1) is 23.6. The summed E-state index contributed by atoms with van der Waals surface area (Å²) in [5, 5.41) is 21.1. The second-order valence-electron chi connectivity index (χ2n) is 12.9. The summed E-state index contributed by atoms with van der Waals surface area (Å²) in [5.74, 6) is 3.29. The van der Waals surface area contributed by atoms with Gasteiger partial charge in [0.1, 0.15) is 30.0 Å². The number of rotatable bonds is 11. The topological polar surface area (TPSA) is 189 Å². The summed E-state index contributed by atoms with van der Waals surface area (Å²) in [7, 11) is -3.56. The lowest BCUT2D eigenvalue weighted by Crippen LogP contribution is -2.34. The molecule has 2 aromatic heterocycles. The number of anilines is 2. The lowest BCUT2D eigenvalue weighted by molar-refractivity contribution is 0.217. The fourth-order valence-corrected chi connectivity index (χ4v) is 7.64. The maximum absolute atomic E-state index is 9.73. The van der Waals surface area contributed by atoms with E-state index in [2.05, 4.69) is 49.6 Å². The van der Waals surface area contributed by atoms with E-state index in [-0.39, 0.29) is 17.6 Å². The molecule has 6 N–H and O–H groups in total.